The van der Waals surface area contributed by atoms with Gasteiger partial charge in [-0.2, -0.15) is 0 Å². The molecule has 2 N–H and O–H groups in total. The third-order valence-electron chi connectivity index (χ3n) is 5.01. The lowest BCUT2D eigenvalue weighted by Crippen LogP contribution is -2.16. The largest absolute Gasteiger partial charge is 0.384 e. The van der Waals surface area contributed by atoms with Crippen molar-refractivity contribution in [1.82, 2.24) is 9.55 Å². The molecule has 0 bridgehead atoms. The highest BCUT2D eigenvalue weighted by Gasteiger charge is 2.31. The molecule has 1 aliphatic rings. The first-order chi connectivity index (χ1) is 12.1. The van der Waals surface area contributed by atoms with E-state index < -0.39 is 9.84 Å². The molecule has 2 aromatic heterocycles. The topological polar surface area (TPSA) is 78.0 Å². The number of hydrogen-bond donors (Lipinski definition) is 1. The fourth-order valence-electron chi connectivity index (χ4n) is 3.84. The number of aromatic nitrogens is 2. The Morgan fingerprint density at radius 3 is 2.44 bits per heavy atom. The van der Waals surface area contributed by atoms with Crippen LogP contribution < -0.4 is 5.73 Å². The summed E-state index contributed by atoms with van der Waals surface area (Å²) in [6.07, 6.45) is 7.21. The summed E-state index contributed by atoms with van der Waals surface area (Å²) in [5, 5.41) is 0.606. The maximum Gasteiger partial charge on any atom is 0.210 e. The number of pyridine rings is 1. The van der Waals surface area contributed by atoms with Crippen LogP contribution in [-0.2, 0) is 9.84 Å². The van der Waals surface area contributed by atoms with E-state index in [1.807, 2.05) is 4.57 Å². The number of sulfone groups is 1. The summed E-state index contributed by atoms with van der Waals surface area (Å²) in [6.45, 7) is 0. The molecule has 0 unspecified atom stereocenters. The fraction of sp³-hybridized carbons (Fsp3) is 0.316. The van der Waals surface area contributed by atoms with Gasteiger partial charge in [-0.25, -0.2) is 13.4 Å². The summed E-state index contributed by atoms with van der Waals surface area (Å²) in [4.78, 5) is 4.91. The monoisotopic (exact) mass is 355 g/mol. The van der Waals surface area contributed by atoms with E-state index in [9.17, 15) is 8.42 Å². The Balaban J connectivity index is 1.98. The molecule has 0 saturated heterocycles. The highest BCUT2D eigenvalue weighted by Crippen LogP contribution is 2.40. The molecular weight excluding hydrogens is 334 g/mol. The van der Waals surface area contributed by atoms with E-state index in [1.165, 1.54) is 6.42 Å². The predicted octanol–water partition coefficient (Wildman–Crippen LogP) is 3.96. The Hall–Kier alpha value is -2.34. The molecule has 0 spiro atoms. The second-order valence-electron chi connectivity index (χ2n) is 6.57. The first-order valence-corrected chi connectivity index (χ1v) is 10.1. The molecule has 1 aliphatic carbocycles. The van der Waals surface area contributed by atoms with Crippen molar-refractivity contribution in [2.24, 2.45) is 0 Å². The van der Waals surface area contributed by atoms with Gasteiger partial charge in [0, 0.05) is 17.6 Å². The molecular formula is C19H21N3O2S. The van der Waals surface area contributed by atoms with Gasteiger partial charge in [0.15, 0.2) is 0 Å². The molecule has 4 rings (SSSR count). The number of benzene rings is 1. The van der Waals surface area contributed by atoms with Gasteiger partial charge >= 0.3 is 0 Å². The molecule has 0 atom stereocenters. The third kappa shape index (κ3) is 2.61. The van der Waals surface area contributed by atoms with E-state index in [0.29, 0.717) is 16.9 Å². The third-order valence-corrected chi connectivity index (χ3v) is 6.87. The van der Waals surface area contributed by atoms with Crippen LogP contribution in [0.2, 0.25) is 0 Å². The maximum atomic E-state index is 13.2. The Morgan fingerprint density at radius 1 is 1.00 bits per heavy atom. The molecule has 0 amide bonds. The Morgan fingerprint density at radius 2 is 1.72 bits per heavy atom. The van der Waals surface area contributed by atoms with Crippen molar-refractivity contribution in [3.05, 3.63) is 48.7 Å². The highest BCUT2D eigenvalue weighted by molar-refractivity contribution is 7.92. The lowest BCUT2D eigenvalue weighted by molar-refractivity contribution is 0.362. The van der Waals surface area contributed by atoms with Gasteiger partial charge in [-0.05, 0) is 37.1 Å². The zero-order valence-electron chi connectivity index (χ0n) is 13.9. The van der Waals surface area contributed by atoms with Crippen LogP contribution in [0.15, 0.2) is 58.5 Å². The lowest BCUT2D eigenvalue weighted by Gasteiger charge is -2.25. The van der Waals surface area contributed by atoms with Crippen LogP contribution in [-0.4, -0.2) is 18.0 Å². The van der Waals surface area contributed by atoms with Crippen LogP contribution in [0.4, 0.5) is 5.82 Å². The summed E-state index contributed by atoms with van der Waals surface area (Å²) >= 11 is 0. The molecule has 2 heterocycles. The number of rotatable bonds is 3. The molecule has 3 aromatic rings. The average Bonchev–Trinajstić information content (AvgIpc) is 2.95. The fourth-order valence-corrected chi connectivity index (χ4v) is 5.41. The molecule has 0 aliphatic heterocycles. The summed E-state index contributed by atoms with van der Waals surface area (Å²) in [5.74, 6) is 0.310. The minimum absolute atomic E-state index is 0.187. The van der Waals surface area contributed by atoms with E-state index >= 15 is 0 Å². The van der Waals surface area contributed by atoms with Gasteiger partial charge < -0.3 is 10.3 Å². The predicted molar refractivity (Wildman–Crippen MR) is 98.2 cm³/mol. The average molecular weight is 355 g/mol. The maximum absolute atomic E-state index is 13.2. The normalized spacial score (nSPS) is 16.3. The van der Waals surface area contributed by atoms with Crippen molar-refractivity contribution in [3.8, 4) is 0 Å². The quantitative estimate of drug-likeness (QED) is 0.771. The Labute approximate surface area is 147 Å². The van der Waals surface area contributed by atoms with Gasteiger partial charge in [0.25, 0.3) is 0 Å². The van der Waals surface area contributed by atoms with Gasteiger partial charge in [-0.1, -0.05) is 37.5 Å². The van der Waals surface area contributed by atoms with Crippen LogP contribution in [0.25, 0.3) is 11.0 Å². The van der Waals surface area contributed by atoms with Crippen molar-refractivity contribution in [2.75, 3.05) is 5.73 Å². The van der Waals surface area contributed by atoms with Crippen molar-refractivity contribution in [1.29, 1.82) is 0 Å². The number of hydrogen-bond acceptors (Lipinski definition) is 4. The smallest absolute Gasteiger partial charge is 0.210 e. The number of nitrogens with two attached hydrogens (primary N) is 1. The summed E-state index contributed by atoms with van der Waals surface area (Å²) in [5.41, 5.74) is 7.08. The van der Waals surface area contributed by atoms with Gasteiger partial charge in [-0.3, -0.25) is 0 Å². The van der Waals surface area contributed by atoms with Crippen LogP contribution in [0.3, 0.4) is 0 Å². The van der Waals surface area contributed by atoms with Gasteiger partial charge in [0.2, 0.25) is 9.84 Å². The van der Waals surface area contributed by atoms with E-state index in [-0.39, 0.29) is 15.8 Å². The van der Waals surface area contributed by atoms with Gasteiger partial charge in [-0.15, -0.1) is 0 Å². The molecule has 1 aromatic carbocycles. The molecule has 6 heteroatoms. The van der Waals surface area contributed by atoms with Crippen LogP contribution in [0.5, 0.6) is 0 Å². The second kappa shape index (κ2) is 6.19. The molecule has 0 radical (unpaired) electrons. The second-order valence-corrected chi connectivity index (χ2v) is 8.45. The minimum Gasteiger partial charge on any atom is -0.384 e. The zero-order valence-corrected chi connectivity index (χ0v) is 14.7. The first-order valence-electron chi connectivity index (χ1n) is 8.65. The van der Waals surface area contributed by atoms with E-state index in [1.54, 1.807) is 48.7 Å². The molecule has 5 nitrogen and oxygen atoms in total. The molecule has 25 heavy (non-hydrogen) atoms. The lowest BCUT2D eigenvalue weighted by atomic mass is 9.95. The summed E-state index contributed by atoms with van der Waals surface area (Å²) < 4.78 is 28.4. The number of nitrogen functional groups attached to an aromatic ring is 1. The van der Waals surface area contributed by atoms with E-state index in [4.69, 9.17) is 5.73 Å². The molecule has 1 fully saturated rings. The number of nitrogens with zero attached hydrogens (tertiary/aromatic N) is 2. The van der Waals surface area contributed by atoms with Crippen LogP contribution in [0.1, 0.15) is 38.1 Å². The number of anilines is 1. The summed E-state index contributed by atoms with van der Waals surface area (Å²) in [7, 11) is -3.70. The van der Waals surface area contributed by atoms with E-state index in [0.717, 1.165) is 25.7 Å². The summed E-state index contributed by atoms with van der Waals surface area (Å²) in [6, 6.07) is 12.2. The Bertz CT molecular complexity index is 1000. The van der Waals surface area contributed by atoms with Crippen molar-refractivity contribution < 1.29 is 8.42 Å². The standard InChI is InChI=1S/C19H21N3O2S/c20-18-17(25(23,24)15-10-5-2-6-11-15)16-12-7-13-21-19(16)22(18)14-8-3-1-4-9-14/h2,5-7,10-14H,1,3-4,8-9,20H2. The zero-order chi connectivity index (χ0) is 17.4. The SMILES string of the molecule is Nc1c(S(=O)(=O)c2ccccc2)c2cccnc2n1C1CCCCC1. The Kier molecular flexibility index (Phi) is 4.00. The van der Waals surface area contributed by atoms with Crippen molar-refractivity contribution >= 4 is 26.7 Å². The first kappa shape index (κ1) is 16.1. The van der Waals surface area contributed by atoms with Gasteiger partial charge in [0.1, 0.15) is 16.4 Å². The van der Waals surface area contributed by atoms with Crippen LogP contribution in [0, 0.1) is 0 Å². The number of fused-ring (bicyclic) bond motifs is 1. The highest BCUT2D eigenvalue weighted by atomic mass is 32.2. The van der Waals surface area contributed by atoms with E-state index in [2.05, 4.69) is 4.98 Å². The molecule has 130 valence electrons. The van der Waals surface area contributed by atoms with Gasteiger partial charge in [0.05, 0.1) is 4.90 Å². The van der Waals surface area contributed by atoms with Crippen molar-refractivity contribution in [3.63, 3.8) is 0 Å². The van der Waals surface area contributed by atoms with Crippen molar-refractivity contribution in [2.45, 2.75) is 47.9 Å². The molecule has 1 saturated carbocycles. The van der Waals surface area contributed by atoms with Crippen LogP contribution >= 0.6 is 0 Å². The minimum atomic E-state index is -3.70.